The molecule has 0 aromatic heterocycles. The number of amides is 2. The Morgan fingerprint density at radius 1 is 1.00 bits per heavy atom. The first kappa shape index (κ1) is 23.2. The van der Waals surface area contributed by atoms with Gasteiger partial charge in [-0.25, -0.2) is 0 Å². The zero-order chi connectivity index (χ0) is 23.7. The maximum atomic E-state index is 13.3. The minimum Gasteiger partial charge on any atom is -0.336 e. The van der Waals surface area contributed by atoms with Gasteiger partial charge in [-0.1, -0.05) is 60.9 Å². The molecule has 5 nitrogen and oxygen atoms in total. The van der Waals surface area contributed by atoms with Crippen LogP contribution in [0.15, 0.2) is 52.3 Å². The maximum absolute atomic E-state index is 13.3. The average molecular weight is 476 g/mol. The van der Waals surface area contributed by atoms with Crippen LogP contribution in [-0.2, 0) is 4.79 Å². The number of rotatable bonds is 3. The van der Waals surface area contributed by atoms with E-state index in [4.69, 9.17) is 0 Å². The molecule has 178 valence electrons. The van der Waals surface area contributed by atoms with Crippen molar-refractivity contribution in [3.8, 4) is 0 Å². The second kappa shape index (κ2) is 9.96. The molecule has 6 heteroatoms. The molecule has 3 aliphatic rings. The summed E-state index contributed by atoms with van der Waals surface area (Å²) >= 11 is 1.48. The highest BCUT2D eigenvalue weighted by atomic mass is 32.2. The number of hydrogen-bond donors (Lipinski definition) is 0. The van der Waals surface area contributed by atoms with E-state index in [1.807, 2.05) is 54.3 Å². The molecule has 2 aromatic rings. The fourth-order valence-corrected chi connectivity index (χ4v) is 6.45. The highest BCUT2D eigenvalue weighted by Gasteiger charge is 2.30. The van der Waals surface area contributed by atoms with Crippen molar-refractivity contribution in [2.24, 2.45) is 0 Å². The molecule has 2 aromatic carbocycles. The van der Waals surface area contributed by atoms with Crippen LogP contribution in [-0.4, -0.2) is 60.9 Å². The highest BCUT2D eigenvalue weighted by molar-refractivity contribution is 8.04. The molecule has 1 aliphatic carbocycles. The fraction of sp³-hybridized carbons (Fsp3) is 0.429. The molecule has 1 saturated heterocycles. The first-order valence-corrected chi connectivity index (χ1v) is 13.2. The lowest BCUT2D eigenvalue weighted by Crippen LogP contribution is -2.52. The van der Waals surface area contributed by atoms with Crippen molar-refractivity contribution in [2.75, 3.05) is 38.1 Å². The SMILES string of the molecule is Cc1cccc(/C=C2/Sc3ccc(C(=O)N4CCN(C5CCCCC5)CC4)cc3N(C)C2=O)c1. The predicted molar refractivity (Wildman–Crippen MR) is 139 cm³/mol. The first-order valence-electron chi connectivity index (χ1n) is 12.4. The zero-order valence-corrected chi connectivity index (χ0v) is 20.9. The Balaban J connectivity index is 1.29. The smallest absolute Gasteiger partial charge is 0.264 e. The molecular formula is C28H33N3O2S. The van der Waals surface area contributed by atoms with Gasteiger partial charge in [0.1, 0.15) is 0 Å². The van der Waals surface area contributed by atoms with Gasteiger partial charge in [0.05, 0.1) is 10.6 Å². The van der Waals surface area contributed by atoms with E-state index in [0.29, 0.717) is 16.5 Å². The normalized spacial score (nSPS) is 21.1. The largest absolute Gasteiger partial charge is 0.336 e. The van der Waals surface area contributed by atoms with E-state index in [1.54, 1.807) is 11.9 Å². The number of benzene rings is 2. The molecule has 0 radical (unpaired) electrons. The van der Waals surface area contributed by atoms with Crippen molar-refractivity contribution in [1.82, 2.24) is 9.80 Å². The second-order valence-corrected chi connectivity index (χ2v) is 10.8. The molecule has 2 aliphatic heterocycles. The van der Waals surface area contributed by atoms with E-state index in [1.165, 1.54) is 49.4 Å². The minimum absolute atomic E-state index is 0.0373. The summed E-state index contributed by atoms with van der Waals surface area (Å²) in [5.74, 6) is 0.0303. The number of anilines is 1. The van der Waals surface area contributed by atoms with Crippen molar-refractivity contribution in [2.45, 2.75) is 50.0 Å². The third-order valence-electron chi connectivity index (χ3n) is 7.34. The van der Waals surface area contributed by atoms with E-state index < -0.39 is 0 Å². The highest BCUT2D eigenvalue weighted by Crippen LogP contribution is 2.42. The summed E-state index contributed by atoms with van der Waals surface area (Å²) in [5, 5.41) is 0. The van der Waals surface area contributed by atoms with Crippen LogP contribution in [0.25, 0.3) is 6.08 Å². The standard InChI is InChI=1S/C28H33N3O2S/c1-20-7-6-8-21(17-20)18-26-28(33)29(2)24-19-22(11-12-25(24)34-26)27(32)31-15-13-30(14-16-31)23-9-4-3-5-10-23/h6-8,11-12,17-19,23H,3-5,9-10,13-16H2,1-2H3/b26-18+. The van der Waals surface area contributed by atoms with Crippen LogP contribution in [0, 0.1) is 6.92 Å². The van der Waals surface area contributed by atoms with Crippen LogP contribution in [0.5, 0.6) is 0 Å². The number of aryl methyl sites for hydroxylation is 1. The lowest BCUT2D eigenvalue weighted by molar-refractivity contribution is -0.114. The van der Waals surface area contributed by atoms with Gasteiger partial charge in [-0.2, -0.15) is 0 Å². The summed E-state index contributed by atoms with van der Waals surface area (Å²) < 4.78 is 0. The Morgan fingerprint density at radius 2 is 1.76 bits per heavy atom. The van der Waals surface area contributed by atoms with Gasteiger partial charge in [-0.3, -0.25) is 14.5 Å². The van der Waals surface area contributed by atoms with Gasteiger partial charge in [0.25, 0.3) is 11.8 Å². The van der Waals surface area contributed by atoms with Crippen LogP contribution in [0.4, 0.5) is 5.69 Å². The molecule has 0 N–H and O–H groups in total. The second-order valence-electron chi connectivity index (χ2n) is 9.69. The monoisotopic (exact) mass is 475 g/mol. The first-order chi connectivity index (χ1) is 16.5. The van der Waals surface area contributed by atoms with Gasteiger partial charge in [0.2, 0.25) is 0 Å². The summed E-state index contributed by atoms with van der Waals surface area (Å²) in [6.07, 6.45) is 8.60. The summed E-state index contributed by atoms with van der Waals surface area (Å²) in [7, 11) is 1.79. The van der Waals surface area contributed by atoms with Gasteiger partial charge in [0, 0.05) is 49.7 Å². The van der Waals surface area contributed by atoms with Crippen molar-refractivity contribution >= 4 is 35.3 Å². The molecule has 2 amide bonds. The number of fused-ring (bicyclic) bond motifs is 1. The van der Waals surface area contributed by atoms with E-state index >= 15 is 0 Å². The van der Waals surface area contributed by atoms with Crippen molar-refractivity contribution in [1.29, 1.82) is 0 Å². The molecular weight excluding hydrogens is 442 g/mol. The number of hydrogen-bond acceptors (Lipinski definition) is 4. The number of piperazine rings is 1. The molecule has 0 bridgehead atoms. The Morgan fingerprint density at radius 3 is 2.50 bits per heavy atom. The van der Waals surface area contributed by atoms with Crippen molar-refractivity contribution in [3.63, 3.8) is 0 Å². The number of thioether (sulfide) groups is 1. The van der Waals surface area contributed by atoms with Crippen LogP contribution >= 0.6 is 11.8 Å². The third kappa shape index (κ3) is 4.80. The average Bonchev–Trinajstić information content (AvgIpc) is 2.87. The van der Waals surface area contributed by atoms with E-state index in [9.17, 15) is 9.59 Å². The number of nitrogens with zero attached hydrogens (tertiary/aromatic N) is 3. The molecule has 2 heterocycles. The quantitative estimate of drug-likeness (QED) is 0.573. The van der Waals surface area contributed by atoms with E-state index in [2.05, 4.69) is 11.0 Å². The topological polar surface area (TPSA) is 43.9 Å². The van der Waals surface area contributed by atoms with E-state index in [0.717, 1.165) is 42.3 Å². The lowest BCUT2D eigenvalue weighted by atomic mass is 9.94. The number of carbonyl (C=O) groups excluding carboxylic acids is 2. The van der Waals surface area contributed by atoms with Crippen LogP contribution in [0.3, 0.4) is 0 Å². The molecule has 5 rings (SSSR count). The number of likely N-dealkylation sites (N-methyl/N-ethyl adjacent to an activating group) is 1. The van der Waals surface area contributed by atoms with Gasteiger partial charge in [-0.05, 0) is 49.6 Å². The van der Waals surface area contributed by atoms with Crippen LogP contribution in [0.2, 0.25) is 0 Å². The summed E-state index contributed by atoms with van der Waals surface area (Å²) in [6, 6.07) is 14.6. The molecule has 2 fully saturated rings. The van der Waals surface area contributed by atoms with Gasteiger partial charge < -0.3 is 9.80 Å². The van der Waals surface area contributed by atoms with Gasteiger partial charge in [-0.15, -0.1) is 0 Å². The van der Waals surface area contributed by atoms with Gasteiger partial charge >= 0.3 is 0 Å². The summed E-state index contributed by atoms with van der Waals surface area (Å²) in [6.45, 7) is 5.53. The Hall–Kier alpha value is -2.57. The fourth-order valence-electron chi connectivity index (χ4n) is 5.36. The maximum Gasteiger partial charge on any atom is 0.264 e. The Bertz CT molecular complexity index is 1110. The Labute approximate surface area is 206 Å². The predicted octanol–water partition coefficient (Wildman–Crippen LogP) is 5.20. The minimum atomic E-state index is -0.0373. The van der Waals surface area contributed by atoms with Crippen molar-refractivity contribution in [3.05, 3.63) is 64.1 Å². The third-order valence-corrected chi connectivity index (χ3v) is 8.41. The summed E-state index contributed by atoms with van der Waals surface area (Å²) in [4.78, 5) is 34.3. The van der Waals surface area contributed by atoms with Gasteiger partial charge in [0.15, 0.2) is 0 Å². The summed E-state index contributed by atoms with van der Waals surface area (Å²) in [5.41, 5.74) is 3.66. The molecule has 0 atom stereocenters. The zero-order valence-electron chi connectivity index (χ0n) is 20.1. The molecule has 0 spiro atoms. The molecule has 1 saturated carbocycles. The Kier molecular flexibility index (Phi) is 6.79. The van der Waals surface area contributed by atoms with Crippen molar-refractivity contribution < 1.29 is 9.59 Å². The molecule has 0 unspecified atom stereocenters. The van der Waals surface area contributed by atoms with E-state index in [-0.39, 0.29) is 11.8 Å². The molecule has 34 heavy (non-hydrogen) atoms. The van der Waals surface area contributed by atoms with Crippen LogP contribution in [0.1, 0.15) is 53.6 Å². The van der Waals surface area contributed by atoms with Crippen LogP contribution < -0.4 is 4.90 Å². The number of carbonyl (C=O) groups is 2. The lowest BCUT2D eigenvalue weighted by Gasteiger charge is -2.40.